The van der Waals surface area contributed by atoms with Gasteiger partial charge in [-0.05, 0) is 50.4 Å². The molecule has 5 nitrogen and oxygen atoms in total. The van der Waals surface area contributed by atoms with Crippen LogP contribution in [-0.4, -0.2) is 32.2 Å². The molecule has 19 heavy (non-hydrogen) atoms. The van der Waals surface area contributed by atoms with Crippen LogP contribution in [0.3, 0.4) is 0 Å². The van der Waals surface area contributed by atoms with E-state index in [1.165, 1.54) is 0 Å². The van der Waals surface area contributed by atoms with Crippen LogP contribution in [0.2, 0.25) is 0 Å². The Kier molecular flexibility index (Phi) is 4.90. The predicted molar refractivity (Wildman–Crippen MR) is 75.2 cm³/mol. The van der Waals surface area contributed by atoms with Gasteiger partial charge in [0.25, 0.3) is 0 Å². The van der Waals surface area contributed by atoms with Gasteiger partial charge in [-0.3, -0.25) is 4.98 Å². The van der Waals surface area contributed by atoms with Crippen molar-refractivity contribution in [2.75, 3.05) is 18.8 Å². The van der Waals surface area contributed by atoms with E-state index in [1.54, 1.807) is 6.20 Å². The zero-order valence-electron chi connectivity index (χ0n) is 11.2. The van der Waals surface area contributed by atoms with E-state index < -0.39 is 10.0 Å². The molecule has 1 aliphatic rings. The third-order valence-corrected chi connectivity index (χ3v) is 4.82. The molecule has 1 aliphatic heterocycles. The van der Waals surface area contributed by atoms with Crippen molar-refractivity contribution in [3.8, 4) is 0 Å². The van der Waals surface area contributed by atoms with Crippen molar-refractivity contribution in [2.45, 2.75) is 26.3 Å². The number of aryl methyl sites for hydroxylation is 1. The van der Waals surface area contributed by atoms with Crippen molar-refractivity contribution in [2.24, 2.45) is 5.92 Å². The molecule has 0 amide bonds. The highest BCUT2D eigenvalue weighted by Gasteiger charge is 2.20. The Hall–Kier alpha value is -0.980. The predicted octanol–water partition coefficient (Wildman–Crippen LogP) is 0.809. The molecule has 1 unspecified atom stereocenters. The Morgan fingerprint density at radius 2 is 2.32 bits per heavy atom. The van der Waals surface area contributed by atoms with Crippen LogP contribution in [0.5, 0.6) is 0 Å². The van der Waals surface area contributed by atoms with Gasteiger partial charge in [-0.2, -0.15) is 0 Å². The largest absolute Gasteiger partial charge is 0.316 e. The number of pyridine rings is 1. The minimum absolute atomic E-state index is 0.208. The fraction of sp³-hybridized carbons (Fsp3) is 0.615. The van der Waals surface area contributed by atoms with Crippen LogP contribution in [0.15, 0.2) is 18.3 Å². The maximum Gasteiger partial charge on any atom is 0.212 e. The van der Waals surface area contributed by atoms with Crippen LogP contribution >= 0.6 is 0 Å². The SMILES string of the molecule is Cc1ccc(CNS(=O)(=O)CC2CCCNC2)cn1. The van der Waals surface area contributed by atoms with Gasteiger partial charge in [0, 0.05) is 18.4 Å². The lowest BCUT2D eigenvalue weighted by molar-refractivity contribution is 0.402. The van der Waals surface area contributed by atoms with Crippen LogP contribution in [0.25, 0.3) is 0 Å². The summed E-state index contributed by atoms with van der Waals surface area (Å²) in [4.78, 5) is 4.15. The van der Waals surface area contributed by atoms with Gasteiger partial charge in [0.1, 0.15) is 0 Å². The first-order chi connectivity index (χ1) is 9.05. The quantitative estimate of drug-likeness (QED) is 0.839. The van der Waals surface area contributed by atoms with Gasteiger partial charge in [-0.15, -0.1) is 0 Å². The molecule has 1 aromatic heterocycles. The molecule has 1 aromatic rings. The standard InChI is InChI=1S/C13H21N3O2S/c1-11-4-5-12(8-15-11)9-16-19(17,18)10-13-3-2-6-14-7-13/h4-5,8,13-14,16H,2-3,6-7,9-10H2,1H3. The molecule has 0 spiro atoms. The summed E-state index contributed by atoms with van der Waals surface area (Å²) in [5.41, 5.74) is 1.82. The van der Waals surface area contributed by atoms with Crippen molar-refractivity contribution < 1.29 is 8.42 Å². The number of nitrogens with zero attached hydrogens (tertiary/aromatic N) is 1. The molecule has 1 fully saturated rings. The lowest BCUT2D eigenvalue weighted by Gasteiger charge is -2.22. The molecule has 6 heteroatoms. The molecule has 2 N–H and O–H groups in total. The van der Waals surface area contributed by atoms with E-state index >= 15 is 0 Å². The van der Waals surface area contributed by atoms with Crippen molar-refractivity contribution in [1.29, 1.82) is 0 Å². The Morgan fingerprint density at radius 3 is 2.95 bits per heavy atom. The second kappa shape index (κ2) is 6.45. The molecular weight excluding hydrogens is 262 g/mol. The third kappa shape index (κ3) is 4.89. The van der Waals surface area contributed by atoms with E-state index in [0.29, 0.717) is 6.54 Å². The number of hydrogen-bond acceptors (Lipinski definition) is 4. The molecule has 0 bridgehead atoms. The molecule has 106 valence electrons. The van der Waals surface area contributed by atoms with Crippen LogP contribution in [0.1, 0.15) is 24.1 Å². The van der Waals surface area contributed by atoms with Gasteiger partial charge in [0.05, 0.1) is 5.75 Å². The molecule has 2 heterocycles. The third-order valence-electron chi connectivity index (χ3n) is 3.32. The van der Waals surface area contributed by atoms with Gasteiger partial charge in [-0.25, -0.2) is 13.1 Å². The Balaban J connectivity index is 1.84. The average Bonchev–Trinajstić information content (AvgIpc) is 2.39. The van der Waals surface area contributed by atoms with Crippen molar-refractivity contribution in [1.82, 2.24) is 15.0 Å². The lowest BCUT2D eigenvalue weighted by atomic mass is 10.0. The number of rotatable bonds is 5. The zero-order chi connectivity index (χ0) is 13.7. The van der Waals surface area contributed by atoms with Crippen molar-refractivity contribution in [3.05, 3.63) is 29.6 Å². The maximum atomic E-state index is 12.0. The summed E-state index contributed by atoms with van der Waals surface area (Å²) in [6, 6.07) is 3.78. The van der Waals surface area contributed by atoms with Crippen LogP contribution in [0, 0.1) is 12.8 Å². The molecule has 1 atom stereocenters. The summed E-state index contributed by atoms with van der Waals surface area (Å²) in [5, 5.41) is 3.24. The van der Waals surface area contributed by atoms with Gasteiger partial charge in [0.15, 0.2) is 0 Å². The average molecular weight is 283 g/mol. The summed E-state index contributed by atoms with van der Waals surface area (Å²) >= 11 is 0. The normalized spacial score (nSPS) is 20.4. The molecule has 2 rings (SSSR count). The Labute approximate surface area is 114 Å². The zero-order valence-corrected chi connectivity index (χ0v) is 12.0. The Morgan fingerprint density at radius 1 is 1.47 bits per heavy atom. The van der Waals surface area contributed by atoms with E-state index in [9.17, 15) is 8.42 Å². The Bertz CT molecular complexity index is 493. The van der Waals surface area contributed by atoms with E-state index in [1.807, 2.05) is 19.1 Å². The van der Waals surface area contributed by atoms with E-state index in [0.717, 1.165) is 37.2 Å². The van der Waals surface area contributed by atoms with Crippen molar-refractivity contribution >= 4 is 10.0 Å². The van der Waals surface area contributed by atoms with E-state index in [4.69, 9.17) is 0 Å². The number of aromatic nitrogens is 1. The van der Waals surface area contributed by atoms with E-state index in [2.05, 4.69) is 15.0 Å². The summed E-state index contributed by atoms with van der Waals surface area (Å²) in [5.74, 6) is 0.432. The summed E-state index contributed by atoms with van der Waals surface area (Å²) < 4.78 is 26.6. The summed E-state index contributed by atoms with van der Waals surface area (Å²) in [7, 11) is -3.21. The molecule has 1 saturated heterocycles. The van der Waals surface area contributed by atoms with Gasteiger partial charge in [0.2, 0.25) is 10.0 Å². The highest BCUT2D eigenvalue weighted by Crippen LogP contribution is 2.12. The fourth-order valence-electron chi connectivity index (χ4n) is 2.23. The van der Waals surface area contributed by atoms with Crippen molar-refractivity contribution in [3.63, 3.8) is 0 Å². The van der Waals surface area contributed by atoms with Crippen LogP contribution < -0.4 is 10.0 Å². The smallest absolute Gasteiger partial charge is 0.212 e. The number of sulfonamides is 1. The van der Waals surface area contributed by atoms with Crippen LogP contribution in [-0.2, 0) is 16.6 Å². The lowest BCUT2D eigenvalue weighted by Crippen LogP contribution is -2.37. The molecular formula is C13H21N3O2S. The minimum Gasteiger partial charge on any atom is -0.316 e. The number of piperidine rings is 1. The minimum atomic E-state index is -3.21. The number of hydrogen-bond donors (Lipinski definition) is 2. The molecule has 0 saturated carbocycles. The number of nitrogens with one attached hydrogen (secondary N) is 2. The van der Waals surface area contributed by atoms with E-state index in [-0.39, 0.29) is 11.7 Å². The summed E-state index contributed by atoms with van der Waals surface area (Å²) in [6.07, 6.45) is 3.75. The second-order valence-electron chi connectivity index (χ2n) is 5.12. The van der Waals surface area contributed by atoms with Crippen LogP contribution in [0.4, 0.5) is 0 Å². The first kappa shape index (κ1) is 14.4. The highest BCUT2D eigenvalue weighted by molar-refractivity contribution is 7.89. The maximum absolute atomic E-state index is 12.0. The molecule has 0 aliphatic carbocycles. The van der Waals surface area contributed by atoms with Gasteiger partial charge in [-0.1, -0.05) is 6.07 Å². The summed E-state index contributed by atoms with van der Waals surface area (Å²) in [6.45, 7) is 4.02. The topological polar surface area (TPSA) is 71.1 Å². The van der Waals surface area contributed by atoms with Gasteiger partial charge < -0.3 is 5.32 Å². The monoisotopic (exact) mass is 283 g/mol. The highest BCUT2D eigenvalue weighted by atomic mass is 32.2. The second-order valence-corrected chi connectivity index (χ2v) is 6.97. The first-order valence-electron chi connectivity index (χ1n) is 6.65. The molecule has 0 radical (unpaired) electrons. The molecule has 0 aromatic carbocycles. The van der Waals surface area contributed by atoms with Gasteiger partial charge >= 0.3 is 0 Å². The first-order valence-corrected chi connectivity index (χ1v) is 8.30. The fourth-order valence-corrected chi connectivity index (χ4v) is 3.64.